The minimum atomic E-state index is 0. The summed E-state index contributed by atoms with van der Waals surface area (Å²) in [5.74, 6) is 0.927. The molecule has 0 atom stereocenters. The zero-order valence-electron chi connectivity index (χ0n) is 15.2. The maximum atomic E-state index is 12.4. The van der Waals surface area contributed by atoms with Crippen LogP contribution in [0, 0.1) is 0 Å². The summed E-state index contributed by atoms with van der Waals surface area (Å²) in [6.07, 6.45) is 4.98. The van der Waals surface area contributed by atoms with E-state index < -0.39 is 0 Å². The smallest absolute Gasteiger partial charge is 0.224 e. The van der Waals surface area contributed by atoms with E-state index in [-0.39, 0.29) is 23.7 Å². The lowest BCUT2D eigenvalue weighted by atomic mass is 9.78. The van der Waals surface area contributed by atoms with Crippen LogP contribution in [0.2, 0.25) is 0 Å². The number of nitrogens with two attached hydrogens (primary N) is 1. The van der Waals surface area contributed by atoms with Gasteiger partial charge in [0.15, 0.2) is 0 Å². The molecule has 140 valence electrons. The van der Waals surface area contributed by atoms with Gasteiger partial charge in [-0.25, -0.2) is 0 Å². The van der Waals surface area contributed by atoms with Gasteiger partial charge in [0.05, 0.1) is 13.5 Å². The molecule has 0 unspecified atom stereocenters. The molecule has 4 nitrogen and oxygen atoms in total. The number of hydrogen-bond donors (Lipinski definition) is 2. The van der Waals surface area contributed by atoms with E-state index in [1.807, 2.05) is 36.4 Å². The molecule has 5 heteroatoms. The third kappa shape index (κ3) is 4.70. The van der Waals surface area contributed by atoms with Crippen molar-refractivity contribution in [2.45, 2.75) is 37.5 Å². The second kappa shape index (κ2) is 8.95. The van der Waals surface area contributed by atoms with Crippen LogP contribution >= 0.6 is 12.4 Å². The Morgan fingerprint density at radius 1 is 1.15 bits per heavy atom. The van der Waals surface area contributed by atoms with Gasteiger partial charge in [-0.15, -0.1) is 12.4 Å². The van der Waals surface area contributed by atoms with Gasteiger partial charge >= 0.3 is 0 Å². The molecule has 1 fully saturated rings. The summed E-state index contributed by atoms with van der Waals surface area (Å²) in [6.45, 7) is 0.675. The largest absolute Gasteiger partial charge is 0.497 e. The summed E-state index contributed by atoms with van der Waals surface area (Å²) in [5, 5.41) is 3.15. The average molecular weight is 375 g/mol. The second-order valence-electron chi connectivity index (χ2n) is 6.91. The predicted octanol–water partition coefficient (Wildman–Crippen LogP) is 3.87. The minimum absolute atomic E-state index is 0. The van der Waals surface area contributed by atoms with Gasteiger partial charge in [0.2, 0.25) is 5.91 Å². The van der Waals surface area contributed by atoms with Crippen molar-refractivity contribution in [2.75, 3.05) is 19.4 Å². The van der Waals surface area contributed by atoms with Gasteiger partial charge < -0.3 is 15.8 Å². The average Bonchev–Trinajstić information content (AvgIpc) is 3.12. The number of carbonyl (C=O) groups excluding carboxylic acids is 1. The molecular weight excluding hydrogens is 348 g/mol. The quantitative estimate of drug-likeness (QED) is 0.754. The fourth-order valence-corrected chi connectivity index (χ4v) is 3.72. The highest BCUT2D eigenvalue weighted by Gasteiger charge is 2.36. The molecule has 1 aliphatic rings. The van der Waals surface area contributed by atoms with Crippen LogP contribution in [0.4, 0.5) is 5.69 Å². The third-order valence-corrected chi connectivity index (χ3v) is 5.21. The number of benzene rings is 2. The van der Waals surface area contributed by atoms with E-state index in [0.717, 1.165) is 24.2 Å². The molecule has 0 heterocycles. The molecule has 3 N–H and O–H groups in total. The lowest BCUT2D eigenvalue weighted by Crippen LogP contribution is -2.39. The molecular formula is C21H27ClN2O2. The lowest BCUT2D eigenvalue weighted by molar-refractivity contribution is -0.120. The maximum Gasteiger partial charge on any atom is 0.224 e. The molecule has 3 rings (SSSR count). The van der Waals surface area contributed by atoms with Crippen LogP contribution in [-0.2, 0) is 16.6 Å². The Morgan fingerprint density at radius 2 is 1.85 bits per heavy atom. The fraction of sp³-hybridized carbons (Fsp3) is 0.381. The maximum absolute atomic E-state index is 12.4. The SMILES string of the molecule is COc1cccc(C2(CNC(=O)Cc3ccc(N)cc3)CCCC2)c1.Cl. The molecule has 1 amide bonds. The lowest BCUT2D eigenvalue weighted by Gasteiger charge is -2.30. The molecule has 0 radical (unpaired) electrons. The Balaban J connectivity index is 0.00000243. The van der Waals surface area contributed by atoms with Crippen molar-refractivity contribution in [2.24, 2.45) is 0 Å². The van der Waals surface area contributed by atoms with Crippen LogP contribution in [-0.4, -0.2) is 19.6 Å². The number of carbonyl (C=O) groups is 1. The standard InChI is InChI=1S/C21H26N2O2.ClH/c1-25-19-6-4-5-17(14-19)21(11-2-3-12-21)15-23-20(24)13-16-7-9-18(22)10-8-16;/h4-10,14H,2-3,11-13,15,22H2,1H3,(H,23,24);1H. The summed E-state index contributed by atoms with van der Waals surface area (Å²) < 4.78 is 5.38. The first-order chi connectivity index (χ1) is 12.1. The van der Waals surface area contributed by atoms with Crippen molar-refractivity contribution in [3.63, 3.8) is 0 Å². The predicted molar refractivity (Wildman–Crippen MR) is 108 cm³/mol. The van der Waals surface area contributed by atoms with Gasteiger partial charge in [-0.3, -0.25) is 4.79 Å². The van der Waals surface area contributed by atoms with Gasteiger partial charge in [-0.05, 0) is 48.2 Å². The van der Waals surface area contributed by atoms with Gasteiger partial charge in [0.25, 0.3) is 0 Å². The van der Waals surface area contributed by atoms with Crippen molar-refractivity contribution < 1.29 is 9.53 Å². The number of halogens is 1. The zero-order valence-corrected chi connectivity index (χ0v) is 16.0. The van der Waals surface area contributed by atoms with Crippen molar-refractivity contribution in [3.05, 3.63) is 59.7 Å². The van der Waals surface area contributed by atoms with Crippen molar-refractivity contribution in [1.82, 2.24) is 5.32 Å². The number of anilines is 1. The van der Waals surface area contributed by atoms with Crippen LogP contribution in [0.1, 0.15) is 36.8 Å². The van der Waals surface area contributed by atoms with Crippen molar-refractivity contribution in [1.29, 1.82) is 0 Å². The molecule has 0 aromatic heterocycles. The normalized spacial score (nSPS) is 15.1. The van der Waals surface area contributed by atoms with E-state index in [1.54, 1.807) is 7.11 Å². The van der Waals surface area contributed by atoms with Crippen LogP contribution in [0.25, 0.3) is 0 Å². The van der Waals surface area contributed by atoms with E-state index in [4.69, 9.17) is 10.5 Å². The highest BCUT2D eigenvalue weighted by Crippen LogP contribution is 2.41. The highest BCUT2D eigenvalue weighted by atomic mass is 35.5. The first-order valence-electron chi connectivity index (χ1n) is 8.87. The van der Waals surface area contributed by atoms with Gasteiger partial charge in [0, 0.05) is 17.6 Å². The second-order valence-corrected chi connectivity index (χ2v) is 6.91. The van der Waals surface area contributed by atoms with Crippen molar-refractivity contribution in [3.8, 4) is 5.75 Å². The monoisotopic (exact) mass is 374 g/mol. The summed E-state index contributed by atoms with van der Waals surface area (Å²) in [5.41, 5.74) is 8.67. The summed E-state index contributed by atoms with van der Waals surface area (Å²) >= 11 is 0. The number of amides is 1. The summed E-state index contributed by atoms with van der Waals surface area (Å²) in [4.78, 5) is 12.4. The number of hydrogen-bond acceptors (Lipinski definition) is 3. The van der Waals surface area contributed by atoms with Crippen LogP contribution in [0.15, 0.2) is 48.5 Å². The molecule has 2 aromatic rings. The number of nitrogens with one attached hydrogen (secondary N) is 1. The highest BCUT2D eigenvalue weighted by molar-refractivity contribution is 5.85. The van der Waals surface area contributed by atoms with E-state index in [1.165, 1.54) is 18.4 Å². The molecule has 0 spiro atoms. The van der Waals surface area contributed by atoms with E-state index in [0.29, 0.717) is 18.7 Å². The number of nitrogen functional groups attached to an aromatic ring is 1. The van der Waals surface area contributed by atoms with E-state index in [9.17, 15) is 4.79 Å². The summed E-state index contributed by atoms with van der Waals surface area (Å²) in [6, 6.07) is 15.7. The first kappa shape index (κ1) is 20.1. The minimum Gasteiger partial charge on any atom is -0.497 e. The molecule has 1 aliphatic carbocycles. The topological polar surface area (TPSA) is 64.3 Å². The molecule has 2 aromatic carbocycles. The zero-order chi connectivity index (χ0) is 17.7. The Bertz CT molecular complexity index is 725. The third-order valence-electron chi connectivity index (χ3n) is 5.21. The number of methoxy groups -OCH3 is 1. The van der Waals surface area contributed by atoms with Crippen LogP contribution in [0.3, 0.4) is 0 Å². The Kier molecular flexibility index (Phi) is 6.92. The van der Waals surface area contributed by atoms with E-state index in [2.05, 4.69) is 17.4 Å². The van der Waals surface area contributed by atoms with Gasteiger partial charge in [-0.1, -0.05) is 37.1 Å². The Hall–Kier alpha value is -2.20. The molecule has 0 bridgehead atoms. The van der Waals surface area contributed by atoms with Gasteiger partial charge in [-0.2, -0.15) is 0 Å². The van der Waals surface area contributed by atoms with Gasteiger partial charge in [0.1, 0.15) is 5.75 Å². The fourth-order valence-electron chi connectivity index (χ4n) is 3.72. The summed E-state index contributed by atoms with van der Waals surface area (Å²) in [7, 11) is 1.69. The Morgan fingerprint density at radius 3 is 2.50 bits per heavy atom. The number of rotatable bonds is 6. The number of ether oxygens (including phenoxy) is 1. The molecule has 26 heavy (non-hydrogen) atoms. The molecule has 0 aliphatic heterocycles. The Labute approximate surface area is 161 Å². The first-order valence-corrected chi connectivity index (χ1v) is 8.87. The van der Waals surface area contributed by atoms with Crippen LogP contribution < -0.4 is 15.8 Å². The molecule has 1 saturated carbocycles. The van der Waals surface area contributed by atoms with Crippen LogP contribution in [0.5, 0.6) is 5.75 Å². The van der Waals surface area contributed by atoms with Crippen molar-refractivity contribution >= 4 is 24.0 Å². The molecule has 0 saturated heterocycles. The van der Waals surface area contributed by atoms with E-state index >= 15 is 0 Å².